The second-order valence-electron chi connectivity index (χ2n) is 8.30. The van der Waals surface area contributed by atoms with E-state index in [0.29, 0.717) is 10.7 Å². The number of hydrogen-bond donors (Lipinski definition) is 5. The van der Waals surface area contributed by atoms with Crippen LogP contribution in [0.3, 0.4) is 0 Å². The van der Waals surface area contributed by atoms with Crippen molar-refractivity contribution < 1.29 is 36.6 Å². The summed E-state index contributed by atoms with van der Waals surface area (Å²) in [7, 11) is -6.75. The Labute approximate surface area is 228 Å². The van der Waals surface area contributed by atoms with E-state index in [9.17, 15) is 31.4 Å². The normalized spacial score (nSPS) is 13.6. The maximum absolute atomic E-state index is 12.8. The molecule has 0 saturated carbocycles. The number of hydrogen-bond acceptors (Lipinski definition) is 8. The molecule has 0 aliphatic rings. The first-order valence-corrected chi connectivity index (χ1v) is 15.5. The zero-order valence-electron chi connectivity index (χ0n) is 21.1. The van der Waals surface area contributed by atoms with Crippen LogP contribution in [0.5, 0.6) is 0 Å². The average molecular weight is 627 g/mol. The molecule has 2 rings (SSSR count). The third-order valence-corrected chi connectivity index (χ3v) is 6.20. The number of aromatic nitrogens is 3. The fourth-order valence-electron chi connectivity index (χ4n) is 2.34. The van der Waals surface area contributed by atoms with Crippen molar-refractivity contribution in [1.29, 1.82) is 0 Å². The van der Waals surface area contributed by atoms with Crippen molar-refractivity contribution in [2.45, 2.75) is 45.8 Å². The van der Waals surface area contributed by atoms with Gasteiger partial charge < -0.3 is 21.5 Å². The number of carboxylic acids is 1. The predicted octanol–water partition coefficient (Wildman–Crippen LogP) is 2.46. The summed E-state index contributed by atoms with van der Waals surface area (Å²) in [5.74, 6) is -1.37. The minimum absolute atomic E-state index is 0.0257. The molecule has 2 unspecified atom stereocenters. The highest BCUT2D eigenvalue weighted by molar-refractivity contribution is 7.92. The molecule has 1 heterocycles. The molecular weight excluding hydrogens is 596 g/mol. The van der Waals surface area contributed by atoms with Crippen molar-refractivity contribution in [1.82, 2.24) is 14.3 Å². The lowest BCUT2D eigenvalue weighted by Crippen LogP contribution is -2.30. The molecule has 0 spiro atoms. The first-order chi connectivity index (χ1) is 17.1. The SMILES string of the molecule is CC(C)N.CP(=O)(O)CCC(N)C(=O)O.Cc1nn(-c2cc(NS(C)(=O)=O)c(Cl)cc2Cl)c(=O)n1C(F)F. The third-order valence-electron chi connectivity index (χ3n) is 3.91. The number of nitrogens with two attached hydrogens (primary N) is 2. The highest BCUT2D eigenvalue weighted by atomic mass is 35.5. The number of sulfonamides is 1. The van der Waals surface area contributed by atoms with Crippen LogP contribution in [0.2, 0.25) is 10.0 Å². The Morgan fingerprint density at radius 1 is 1.24 bits per heavy atom. The van der Waals surface area contributed by atoms with E-state index < -0.39 is 41.6 Å². The molecule has 19 heteroatoms. The smallest absolute Gasteiger partial charge is 0.355 e. The molecule has 38 heavy (non-hydrogen) atoms. The maximum Gasteiger partial charge on any atom is 0.355 e. The van der Waals surface area contributed by atoms with Crippen molar-refractivity contribution in [3.8, 4) is 5.69 Å². The number of rotatable bonds is 8. The summed E-state index contributed by atoms with van der Waals surface area (Å²) in [5.41, 5.74) is 8.93. The Morgan fingerprint density at radius 2 is 1.74 bits per heavy atom. The lowest BCUT2D eigenvalue weighted by atomic mass is 10.2. The Morgan fingerprint density at radius 3 is 2.11 bits per heavy atom. The summed E-state index contributed by atoms with van der Waals surface area (Å²) < 4.78 is 61.9. The number of benzene rings is 1. The van der Waals surface area contributed by atoms with E-state index in [-0.39, 0.29) is 44.4 Å². The standard InChI is InChI=1S/C11H10Cl2F2N4O3S.C5H12NO4P.C3H9N/c1-5-16-19(11(20)18(5)10(14)15)9-4-8(17-23(2,21)22)6(12)3-7(9)13;1-11(9,10)3-2-4(6)5(7)8;1-3(2)4/h3-4,10,17H,1-2H3;4H,2-3,6H2,1H3,(H,7,8)(H,9,10);3H,4H2,1-2H3. The lowest BCUT2D eigenvalue weighted by molar-refractivity contribution is -0.138. The van der Waals surface area contributed by atoms with Gasteiger partial charge in [-0.3, -0.25) is 14.1 Å². The summed E-state index contributed by atoms with van der Waals surface area (Å²) in [4.78, 5) is 30.9. The van der Waals surface area contributed by atoms with Gasteiger partial charge in [0.1, 0.15) is 11.9 Å². The number of carbonyl (C=O) groups is 1. The number of aryl methyl sites for hydroxylation is 1. The van der Waals surface area contributed by atoms with Crippen LogP contribution in [-0.2, 0) is 19.4 Å². The van der Waals surface area contributed by atoms with Crippen molar-refractivity contribution in [3.05, 3.63) is 38.5 Å². The van der Waals surface area contributed by atoms with Crippen LogP contribution in [0.4, 0.5) is 14.5 Å². The molecule has 218 valence electrons. The molecule has 0 fully saturated rings. The second kappa shape index (κ2) is 14.9. The molecule has 0 saturated heterocycles. The number of anilines is 1. The van der Waals surface area contributed by atoms with Crippen molar-refractivity contribution in [2.75, 3.05) is 23.8 Å². The zero-order chi connectivity index (χ0) is 30.2. The van der Waals surface area contributed by atoms with Gasteiger partial charge in [0.2, 0.25) is 10.0 Å². The predicted molar refractivity (Wildman–Crippen MR) is 142 cm³/mol. The minimum atomic E-state index is -3.65. The van der Waals surface area contributed by atoms with Gasteiger partial charge >= 0.3 is 18.2 Å². The fourth-order valence-corrected chi connectivity index (χ4v) is 4.23. The average Bonchev–Trinajstić information content (AvgIpc) is 3.00. The Bertz CT molecular complexity index is 1310. The second-order valence-corrected chi connectivity index (χ2v) is 13.4. The molecule has 0 amide bonds. The van der Waals surface area contributed by atoms with E-state index in [1.54, 1.807) is 0 Å². The molecule has 2 atom stereocenters. The number of nitrogens with one attached hydrogen (secondary N) is 1. The first-order valence-electron chi connectivity index (χ1n) is 10.5. The summed E-state index contributed by atoms with van der Waals surface area (Å²) >= 11 is 11.8. The molecule has 0 aliphatic heterocycles. The summed E-state index contributed by atoms with van der Waals surface area (Å²) in [6.07, 6.45) is 0.902. The fraction of sp³-hybridized carbons (Fsp3) is 0.526. The highest BCUT2D eigenvalue weighted by Gasteiger charge is 2.21. The van der Waals surface area contributed by atoms with E-state index >= 15 is 0 Å². The largest absolute Gasteiger partial charge is 0.480 e. The first kappa shape index (κ1) is 35.9. The highest BCUT2D eigenvalue weighted by Crippen LogP contribution is 2.35. The summed E-state index contributed by atoms with van der Waals surface area (Å²) in [6.45, 7) is 3.22. The van der Waals surface area contributed by atoms with Crippen LogP contribution in [0.1, 0.15) is 32.6 Å². The zero-order valence-corrected chi connectivity index (χ0v) is 24.3. The molecule has 0 bridgehead atoms. The molecule has 13 nitrogen and oxygen atoms in total. The van der Waals surface area contributed by atoms with E-state index in [2.05, 4.69) is 9.82 Å². The number of alkyl halides is 2. The van der Waals surface area contributed by atoms with Crippen LogP contribution in [0, 0.1) is 6.92 Å². The van der Waals surface area contributed by atoms with Crippen LogP contribution < -0.4 is 21.9 Å². The molecule has 0 aliphatic carbocycles. The molecular formula is C19H31Cl2F2N6O7PS. The Kier molecular flexibility index (Phi) is 14.1. The van der Waals surface area contributed by atoms with Crippen LogP contribution >= 0.6 is 30.6 Å². The topological polar surface area (TPSA) is 213 Å². The summed E-state index contributed by atoms with van der Waals surface area (Å²) in [5, 5.41) is 11.9. The van der Waals surface area contributed by atoms with Gasteiger partial charge in [0.15, 0.2) is 7.37 Å². The lowest BCUT2D eigenvalue weighted by Gasteiger charge is -2.10. The van der Waals surface area contributed by atoms with Crippen LogP contribution in [0.25, 0.3) is 5.69 Å². The van der Waals surface area contributed by atoms with Gasteiger partial charge in [-0.2, -0.15) is 13.5 Å². The number of aliphatic carboxylic acids is 1. The maximum atomic E-state index is 12.8. The molecule has 7 N–H and O–H groups in total. The van der Waals surface area contributed by atoms with Crippen LogP contribution in [-0.4, -0.2) is 69.9 Å². The number of carboxylic acid groups (broad SMARTS) is 1. The van der Waals surface area contributed by atoms with Gasteiger partial charge in [0, 0.05) is 12.8 Å². The molecule has 2 aromatic rings. The Balaban J connectivity index is 0.000000762. The minimum Gasteiger partial charge on any atom is -0.480 e. The van der Waals surface area contributed by atoms with Gasteiger partial charge in [-0.15, -0.1) is 5.10 Å². The Hall–Kier alpha value is -2.07. The monoisotopic (exact) mass is 626 g/mol. The van der Waals surface area contributed by atoms with Gasteiger partial charge in [0.25, 0.3) is 0 Å². The van der Waals surface area contributed by atoms with E-state index in [1.165, 1.54) is 19.7 Å². The van der Waals surface area contributed by atoms with E-state index in [4.69, 9.17) is 44.7 Å². The number of halogens is 4. The van der Waals surface area contributed by atoms with E-state index in [0.717, 1.165) is 12.3 Å². The molecule has 0 radical (unpaired) electrons. The van der Waals surface area contributed by atoms with Gasteiger partial charge in [-0.05, 0) is 31.5 Å². The van der Waals surface area contributed by atoms with Crippen molar-refractivity contribution in [2.24, 2.45) is 11.5 Å². The summed E-state index contributed by atoms with van der Waals surface area (Å²) in [6, 6.07) is 1.61. The molecule has 1 aromatic carbocycles. The van der Waals surface area contributed by atoms with Gasteiger partial charge in [-0.25, -0.2) is 17.8 Å². The molecule has 1 aromatic heterocycles. The van der Waals surface area contributed by atoms with E-state index in [1.807, 2.05) is 13.8 Å². The number of nitrogens with zero attached hydrogens (tertiary/aromatic N) is 3. The quantitative estimate of drug-likeness (QED) is 0.270. The van der Waals surface area contributed by atoms with Gasteiger partial charge in [0.05, 0.1) is 27.7 Å². The van der Waals surface area contributed by atoms with Crippen molar-refractivity contribution >= 4 is 52.3 Å². The van der Waals surface area contributed by atoms with Gasteiger partial charge in [-0.1, -0.05) is 37.0 Å². The third kappa shape index (κ3) is 13.1. The van der Waals surface area contributed by atoms with Crippen LogP contribution in [0.15, 0.2) is 16.9 Å². The van der Waals surface area contributed by atoms with Crippen molar-refractivity contribution in [3.63, 3.8) is 0 Å².